The van der Waals surface area contributed by atoms with Crippen LogP contribution in [0.4, 0.5) is 0 Å². The van der Waals surface area contributed by atoms with Crippen molar-refractivity contribution in [1.29, 1.82) is 0 Å². The van der Waals surface area contributed by atoms with Crippen LogP contribution in [0.15, 0.2) is 42.5 Å². The lowest BCUT2D eigenvalue weighted by molar-refractivity contribution is -0.360. The molecule has 0 saturated carbocycles. The third kappa shape index (κ3) is 6.35. The predicted molar refractivity (Wildman–Crippen MR) is 109 cm³/mol. The number of aliphatic hydroxyl groups excluding tert-OH is 2. The normalized spacial score (nSPS) is 32.4. The molecule has 2 aliphatic heterocycles. The molecule has 2 heterocycles. The SMILES string of the molecule is CCCCCCC/C=C/CO[C@@H]1O[C@@H]2CO[C@H](c3ccccc3)O[C@@H]2[C@H](O)[C@H]1O. The van der Waals surface area contributed by atoms with Crippen LogP contribution in [0.2, 0.25) is 0 Å². The molecule has 6 atom stereocenters. The van der Waals surface area contributed by atoms with Crippen molar-refractivity contribution in [2.45, 2.75) is 82.4 Å². The molecule has 0 spiro atoms. The maximum atomic E-state index is 10.5. The van der Waals surface area contributed by atoms with Gasteiger partial charge in [-0.15, -0.1) is 0 Å². The number of allylic oxidation sites excluding steroid dienone is 1. The minimum Gasteiger partial charge on any atom is -0.387 e. The molecule has 0 aromatic heterocycles. The number of hydrogen-bond acceptors (Lipinski definition) is 6. The highest BCUT2D eigenvalue weighted by Crippen LogP contribution is 2.34. The highest BCUT2D eigenvalue weighted by molar-refractivity contribution is 5.16. The summed E-state index contributed by atoms with van der Waals surface area (Å²) in [7, 11) is 0. The Morgan fingerprint density at radius 1 is 1.00 bits per heavy atom. The molecular formula is C23H34O6. The first-order valence-electron chi connectivity index (χ1n) is 10.8. The molecule has 0 radical (unpaired) electrons. The van der Waals surface area contributed by atoms with E-state index in [0.29, 0.717) is 6.61 Å². The summed E-state index contributed by atoms with van der Waals surface area (Å²) in [6.45, 7) is 2.81. The Labute approximate surface area is 173 Å². The first-order valence-corrected chi connectivity index (χ1v) is 10.8. The Bertz CT molecular complexity index is 605. The van der Waals surface area contributed by atoms with Crippen LogP contribution < -0.4 is 0 Å². The average molecular weight is 407 g/mol. The standard InChI is InChI=1S/C23H34O6/c1-2-3-4-5-6-7-8-12-15-26-23-20(25)19(24)21-18(28-23)16-27-22(29-21)17-13-10-9-11-14-17/h8-14,18-25H,2-7,15-16H2,1H3/b12-8+/t18-,19-,20-,21+,22+,23-/m1/s1. The summed E-state index contributed by atoms with van der Waals surface area (Å²) in [5, 5.41) is 21.0. The van der Waals surface area contributed by atoms with Crippen molar-refractivity contribution in [2.24, 2.45) is 0 Å². The van der Waals surface area contributed by atoms with Crippen molar-refractivity contribution in [2.75, 3.05) is 13.2 Å². The van der Waals surface area contributed by atoms with Gasteiger partial charge in [0.1, 0.15) is 24.4 Å². The minimum absolute atomic E-state index is 0.265. The van der Waals surface area contributed by atoms with Crippen molar-refractivity contribution >= 4 is 0 Å². The van der Waals surface area contributed by atoms with Gasteiger partial charge in [0.25, 0.3) is 0 Å². The number of rotatable bonds is 10. The molecule has 1 aromatic carbocycles. The van der Waals surface area contributed by atoms with Crippen LogP contribution in [-0.2, 0) is 18.9 Å². The van der Waals surface area contributed by atoms with Gasteiger partial charge in [-0.1, -0.05) is 75.1 Å². The van der Waals surface area contributed by atoms with E-state index in [1.54, 1.807) is 0 Å². The molecular weight excluding hydrogens is 372 g/mol. The lowest BCUT2D eigenvalue weighted by Crippen LogP contribution is -2.62. The third-order valence-corrected chi connectivity index (χ3v) is 5.40. The van der Waals surface area contributed by atoms with E-state index in [0.717, 1.165) is 12.0 Å². The number of ether oxygens (including phenoxy) is 4. The smallest absolute Gasteiger partial charge is 0.187 e. The van der Waals surface area contributed by atoms with Gasteiger partial charge in [-0.25, -0.2) is 0 Å². The van der Waals surface area contributed by atoms with Crippen LogP contribution in [0.25, 0.3) is 0 Å². The summed E-state index contributed by atoms with van der Waals surface area (Å²) in [6.07, 6.45) is 6.43. The molecule has 6 heteroatoms. The summed E-state index contributed by atoms with van der Waals surface area (Å²) in [6, 6.07) is 9.53. The molecule has 0 unspecified atom stereocenters. The van der Waals surface area contributed by atoms with Gasteiger partial charge in [0.05, 0.1) is 13.2 Å². The first-order chi connectivity index (χ1) is 14.2. The second-order valence-electron chi connectivity index (χ2n) is 7.71. The number of fused-ring (bicyclic) bond motifs is 1. The van der Waals surface area contributed by atoms with Gasteiger partial charge in [-0.05, 0) is 12.8 Å². The third-order valence-electron chi connectivity index (χ3n) is 5.40. The molecule has 6 nitrogen and oxygen atoms in total. The number of aliphatic hydroxyl groups is 2. The second kappa shape index (κ2) is 11.8. The number of benzene rings is 1. The van der Waals surface area contributed by atoms with Gasteiger partial charge in [-0.3, -0.25) is 0 Å². The van der Waals surface area contributed by atoms with E-state index in [4.69, 9.17) is 18.9 Å². The van der Waals surface area contributed by atoms with Crippen LogP contribution in [-0.4, -0.2) is 54.1 Å². The van der Waals surface area contributed by atoms with Crippen molar-refractivity contribution in [3.63, 3.8) is 0 Å². The zero-order chi connectivity index (χ0) is 20.5. The van der Waals surface area contributed by atoms with Crippen LogP contribution in [0.1, 0.15) is 57.3 Å². The average Bonchev–Trinajstić information content (AvgIpc) is 2.76. The Morgan fingerprint density at radius 3 is 2.59 bits per heavy atom. The van der Waals surface area contributed by atoms with E-state index in [1.165, 1.54) is 32.1 Å². The van der Waals surface area contributed by atoms with Gasteiger partial charge in [0, 0.05) is 5.56 Å². The lowest BCUT2D eigenvalue weighted by Gasteiger charge is -2.46. The van der Waals surface area contributed by atoms with Crippen LogP contribution in [0.5, 0.6) is 0 Å². The molecule has 2 saturated heterocycles. The molecule has 2 fully saturated rings. The van der Waals surface area contributed by atoms with Gasteiger partial charge < -0.3 is 29.2 Å². The molecule has 29 heavy (non-hydrogen) atoms. The van der Waals surface area contributed by atoms with Gasteiger partial charge in [-0.2, -0.15) is 0 Å². The second-order valence-corrected chi connectivity index (χ2v) is 7.71. The van der Waals surface area contributed by atoms with Crippen LogP contribution in [0, 0.1) is 0 Å². The van der Waals surface area contributed by atoms with Gasteiger partial charge >= 0.3 is 0 Å². The fourth-order valence-electron chi connectivity index (χ4n) is 3.70. The Morgan fingerprint density at radius 2 is 1.79 bits per heavy atom. The summed E-state index contributed by atoms with van der Waals surface area (Å²) in [5.74, 6) is 0. The highest BCUT2D eigenvalue weighted by atomic mass is 16.8. The number of hydrogen-bond donors (Lipinski definition) is 2. The molecule has 0 bridgehead atoms. The zero-order valence-corrected chi connectivity index (χ0v) is 17.2. The first kappa shape index (κ1) is 22.4. The summed E-state index contributed by atoms with van der Waals surface area (Å²) in [4.78, 5) is 0. The van der Waals surface area contributed by atoms with E-state index >= 15 is 0 Å². The van der Waals surface area contributed by atoms with Crippen LogP contribution >= 0.6 is 0 Å². The zero-order valence-electron chi connectivity index (χ0n) is 17.2. The van der Waals surface area contributed by atoms with Crippen molar-refractivity contribution in [3.8, 4) is 0 Å². The number of unbranched alkanes of at least 4 members (excludes halogenated alkanes) is 5. The maximum absolute atomic E-state index is 10.5. The lowest BCUT2D eigenvalue weighted by atomic mass is 9.98. The van der Waals surface area contributed by atoms with Gasteiger partial charge in [0.15, 0.2) is 12.6 Å². The summed E-state index contributed by atoms with van der Waals surface area (Å²) < 4.78 is 23.1. The highest BCUT2D eigenvalue weighted by Gasteiger charge is 2.49. The Kier molecular flexibility index (Phi) is 9.11. The van der Waals surface area contributed by atoms with Crippen molar-refractivity contribution < 1.29 is 29.2 Å². The van der Waals surface area contributed by atoms with Crippen molar-refractivity contribution in [3.05, 3.63) is 48.0 Å². The molecule has 1 aromatic rings. The largest absolute Gasteiger partial charge is 0.387 e. The summed E-state index contributed by atoms with van der Waals surface area (Å²) >= 11 is 0. The quantitative estimate of drug-likeness (QED) is 0.458. The van der Waals surface area contributed by atoms with Gasteiger partial charge in [0.2, 0.25) is 0 Å². The molecule has 162 valence electrons. The molecule has 2 N–H and O–H groups in total. The molecule has 2 aliphatic rings. The molecule has 0 aliphatic carbocycles. The van der Waals surface area contributed by atoms with E-state index in [-0.39, 0.29) is 6.61 Å². The Balaban J connectivity index is 1.42. The fraction of sp³-hybridized carbons (Fsp3) is 0.652. The van der Waals surface area contributed by atoms with E-state index in [9.17, 15) is 10.2 Å². The maximum Gasteiger partial charge on any atom is 0.187 e. The molecule has 0 amide bonds. The Hall–Kier alpha value is -1.28. The topological polar surface area (TPSA) is 77.4 Å². The minimum atomic E-state index is -1.17. The monoisotopic (exact) mass is 406 g/mol. The van der Waals surface area contributed by atoms with Crippen molar-refractivity contribution in [1.82, 2.24) is 0 Å². The fourth-order valence-corrected chi connectivity index (χ4v) is 3.70. The van der Waals surface area contributed by atoms with E-state index in [2.05, 4.69) is 13.0 Å². The predicted octanol–water partition coefficient (Wildman–Crippen LogP) is 3.48. The van der Waals surface area contributed by atoms with E-state index < -0.39 is 37.0 Å². The summed E-state index contributed by atoms with van der Waals surface area (Å²) in [5.41, 5.74) is 0.867. The molecule has 3 rings (SSSR count). The van der Waals surface area contributed by atoms with E-state index in [1.807, 2.05) is 36.4 Å². The van der Waals surface area contributed by atoms with Crippen LogP contribution in [0.3, 0.4) is 0 Å².